The zero-order valence-corrected chi connectivity index (χ0v) is 11.2. The maximum atomic E-state index is 11.5. The lowest BCUT2D eigenvalue weighted by Gasteiger charge is -2.11. The van der Waals surface area contributed by atoms with Crippen molar-refractivity contribution in [3.63, 3.8) is 0 Å². The standard InChI is InChI=1S/C10H14BrN3O3/c1-14(2)10(16)13-6-5-12-9(15)7-3-4-8(11)17-7/h3-4H,5-6H2,1-2H3,(H,12,15)(H,13,16). The van der Waals surface area contributed by atoms with Crippen LogP contribution in [-0.2, 0) is 0 Å². The minimum absolute atomic E-state index is 0.194. The molecule has 1 aromatic rings. The highest BCUT2D eigenvalue weighted by atomic mass is 79.9. The van der Waals surface area contributed by atoms with Crippen molar-refractivity contribution < 1.29 is 14.0 Å². The second-order valence-corrected chi connectivity index (χ2v) is 4.27. The van der Waals surface area contributed by atoms with Gasteiger partial charge in [0.1, 0.15) is 0 Å². The van der Waals surface area contributed by atoms with Crippen LogP contribution in [0.3, 0.4) is 0 Å². The molecule has 94 valence electrons. The van der Waals surface area contributed by atoms with Crippen LogP contribution in [0.5, 0.6) is 0 Å². The van der Waals surface area contributed by atoms with E-state index in [1.54, 1.807) is 26.2 Å². The van der Waals surface area contributed by atoms with E-state index in [2.05, 4.69) is 26.6 Å². The first kappa shape index (κ1) is 13.6. The van der Waals surface area contributed by atoms with Crippen LogP contribution in [0.4, 0.5) is 4.79 Å². The number of rotatable bonds is 4. The quantitative estimate of drug-likeness (QED) is 0.816. The van der Waals surface area contributed by atoms with E-state index in [9.17, 15) is 9.59 Å². The summed E-state index contributed by atoms with van der Waals surface area (Å²) < 4.78 is 5.57. The number of halogens is 1. The van der Waals surface area contributed by atoms with Gasteiger partial charge in [-0.05, 0) is 28.1 Å². The van der Waals surface area contributed by atoms with Gasteiger partial charge >= 0.3 is 6.03 Å². The predicted molar refractivity (Wildman–Crippen MR) is 65.8 cm³/mol. The van der Waals surface area contributed by atoms with E-state index in [1.165, 1.54) is 4.90 Å². The fourth-order valence-electron chi connectivity index (χ4n) is 1.03. The molecule has 0 aliphatic heterocycles. The van der Waals surface area contributed by atoms with Crippen LogP contribution in [0.15, 0.2) is 21.2 Å². The van der Waals surface area contributed by atoms with Gasteiger partial charge in [0.05, 0.1) is 0 Å². The van der Waals surface area contributed by atoms with Crippen molar-refractivity contribution in [1.82, 2.24) is 15.5 Å². The smallest absolute Gasteiger partial charge is 0.316 e. The molecule has 1 rings (SSSR count). The van der Waals surface area contributed by atoms with Gasteiger partial charge in [-0.1, -0.05) is 0 Å². The summed E-state index contributed by atoms with van der Waals surface area (Å²) in [5, 5.41) is 5.25. The third-order valence-corrected chi connectivity index (χ3v) is 2.32. The Balaban J connectivity index is 2.23. The highest BCUT2D eigenvalue weighted by molar-refractivity contribution is 9.10. The molecule has 0 saturated carbocycles. The summed E-state index contributed by atoms with van der Waals surface area (Å²) >= 11 is 3.11. The Kier molecular flexibility index (Phi) is 5.02. The lowest BCUT2D eigenvalue weighted by Crippen LogP contribution is -2.39. The van der Waals surface area contributed by atoms with Crippen LogP contribution < -0.4 is 10.6 Å². The van der Waals surface area contributed by atoms with Crippen LogP contribution >= 0.6 is 15.9 Å². The second kappa shape index (κ2) is 6.29. The van der Waals surface area contributed by atoms with E-state index < -0.39 is 0 Å². The fourth-order valence-corrected chi connectivity index (χ4v) is 1.33. The fraction of sp³-hybridized carbons (Fsp3) is 0.400. The van der Waals surface area contributed by atoms with Crippen molar-refractivity contribution in [3.05, 3.63) is 22.6 Å². The van der Waals surface area contributed by atoms with Crippen molar-refractivity contribution in [2.45, 2.75) is 0 Å². The maximum absolute atomic E-state index is 11.5. The van der Waals surface area contributed by atoms with Gasteiger partial charge in [0, 0.05) is 27.2 Å². The van der Waals surface area contributed by atoms with Gasteiger partial charge in [-0.2, -0.15) is 0 Å². The van der Waals surface area contributed by atoms with E-state index in [0.29, 0.717) is 17.8 Å². The van der Waals surface area contributed by atoms with Crippen molar-refractivity contribution >= 4 is 27.9 Å². The van der Waals surface area contributed by atoms with E-state index in [-0.39, 0.29) is 17.7 Å². The molecule has 0 saturated heterocycles. The van der Waals surface area contributed by atoms with Gasteiger partial charge in [0.15, 0.2) is 10.4 Å². The maximum Gasteiger partial charge on any atom is 0.316 e. The van der Waals surface area contributed by atoms with Crippen LogP contribution in [0.1, 0.15) is 10.6 Å². The third-order valence-electron chi connectivity index (χ3n) is 1.89. The number of furan rings is 1. The molecule has 7 heteroatoms. The van der Waals surface area contributed by atoms with E-state index in [1.807, 2.05) is 0 Å². The number of hydrogen-bond donors (Lipinski definition) is 2. The minimum Gasteiger partial charge on any atom is -0.444 e. The Morgan fingerprint density at radius 1 is 1.29 bits per heavy atom. The molecule has 2 N–H and O–H groups in total. The van der Waals surface area contributed by atoms with Crippen LogP contribution in [-0.4, -0.2) is 44.0 Å². The SMILES string of the molecule is CN(C)C(=O)NCCNC(=O)c1ccc(Br)o1. The van der Waals surface area contributed by atoms with Crippen molar-refractivity contribution in [2.24, 2.45) is 0 Å². The van der Waals surface area contributed by atoms with E-state index in [0.717, 1.165) is 0 Å². The summed E-state index contributed by atoms with van der Waals surface area (Å²) in [6.45, 7) is 0.710. The van der Waals surface area contributed by atoms with Crippen LogP contribution in [0, 0.1) is 0 Å². The molecule has 0 radical (unpaired) electrons. The van der Waals surface area contributed by atoms with Gasteiger partial charge in [0.2, 0.25) is 0 Å². The molecule has 0 aliphatic rings. The first-order valence-electron chi connectivity index (χ1n) is 4.99. The van der Waals surface area contributed by atoms with Crippen LogP contribution in [0.2, 0.25) is 0 Å². The lowest BCUT2D eigenvalue weighted by molar-refractivity contribution is 0.0924. The molecule has 3 amide bonds. The molecule has 0 fully saturated rings. The van der Waals surface area contributed by atoms with Crippen molar-refractivity contribution in [2.75, 3.05) is 27.2 Å². The number of amides is 3. The zero-order valence-electron chi connectivity index (χ0n) is 9.62. The summed E-state index contributed by atoms with van der Waals surface area (Å²) in [5.74, 6) is -0.0781. The topological polar surface area (TPSA) is 74.6 Å². The van der Waals surface area contributed by atoms with Crippen molar-refractivity contribution in [3.8, 4) is 0 Å². The van der Waals surface area contributed by atoms with Gasteiger partial charge in [-0.3, -0.25) is 4.79 Å². The number of carbonyl (C=O) groups is 2. The highest BCUT2D eigenvalue weighted by Crippen LogP contribution is 2.13. The minimum atomic E-state index is -0.310. The second-order valence-electron chi connectivity index (χ2n) is 3.49. The first-order valence-corrected chi connectivity index (χ1v) is 5.78. The summed E-state index contributed by atoms with van der Waals surface area (Å²) in [7, 11) is 3.29. The van der Waals surface area contributed by atoms with Gasteiger partial charge in [0.25, 0.3) is 5.91 Å². The largest absolute Gasteiger partial charge is 0.444 e. The number of urea groups is 1. The molecule has 0 atom stereocenters. The normalized spacial score (nSPS) is 9.82. The van der Waals surface area contributed by atoms with Gasteiger partial charge < -0.3 is 20.0 Å². The van der Waals surface area contributed by atoms with E-state index in [4.69, 9.17) is 4.42 Å². The van der Waals surface area contributed by atoms with Crippen molar-refractivity contribution in [1.29, 1.82) is 0 Å². The molecule has 0 unspecified atom stereocenters. The molecule has 0 bridgehead atoms. The molecule has 17 heavy (non-hydrogen) atoms. The number of nitrogens with zero attached hydrogens (tertiary/aromatic N) is 1. The summed E-state index contributed by atoms with van der Waals surface area (Å²) in [6, 6.07) is 3.01. The monoisotopic (exact) mass is 303 g/mol. The Hall–Kier alpha value is -1.50. The molecular formula is C10H14BrN3O3. The lowest BCUT2D eigenvalue weighted by atomic mass is 10.4. The van der Waals surface area contributed by atoms with Gasteiger partial charge in [-0.25, -0.2) is 4.79 Å². The average molecular weight is 304 g/mol. The van der Waals surface area contributed by atoms with Gasteiger partial charge in [-0.15, -0.1) is 0 Å². The Morgan fingerprint density at radius 3 is 2.47 bits per heavy atom. The molecule has 0 spiro atoms. The molecule has 0 aliphatic carbocycles. The summed E-state index contributed by atoms with van der Waals surface area (Å²) in [5.41, 5.74) is 0. The third kappa shape index (κ3) is 4.48. The van der Waals surface area contributed by atoms with Crippen LogP contribution in [0.25, 0.3) is 0 Å². The summed E-state index contributed by atoms with van der Waals surface area (Å²) in [6.07, 6.45) is 0. The molecule has 1 aromatic heterocycles. The van der Waals surface area contributed by atoms with E-state index >= 15 is 0 Å². The number of nitrogens with one attached hydrogen (secondary N) is 2. The molecule has 1 heterocycles. The highest BCUT2D eigenvalue weighted by Gasteiger charge is 2.09. The molecule has 0 aromatic carbocycles. The summed E-state index contributed by atoms with van der Waals surface area (Å²) in [4.78, 5) is 24.0. The molecule has 6 nitrogen and oxygen atoms in total. The Morgan fingerprint density at radius 2 is 1.94 bits per heavy atom. The average Bonchev–Trinajstić information content (AvgIpc) is 2.70. The zero-order chi connectivity index (χ0) is 12.8. The number of hydrogen-bond acceptors (Lipinski definition) is 3. The first-order chi connectivity index (χ1) is 8.00. The number of carbonyl (C=O) groups excluding carboxylic acids is 2. The molecular weight excluding hydrogens is 290 g/mol. The predicted octanol–water partition coefficient (Wildman–Crippen LogP) is 1.04. The Labute approximate surface area is 107 Å². The Bertz CT molecular complexity index is 403.